The van der Waals surface area contributed by atoms with Crippen molar-refractivity contribution in [1.29, 1.82) is 0 Å². The second kappa shape index (κ2) is 8.17. The summed E-state index contributed by atoms with van der Waals surface area (Å²) < 4.78 is 7.72. The molecule has 0 radical (unpaired) electrons. The number of nitrogens with one attached hydrogen (secondary N) is 1. The van der Waals surface area contributed by atoms with E-state index in [0.717, 1.165) is 17.4 Å². The highest BCUT2D eigenvalue weighted by atomic mass is 35.5. The first-order valence-corrected chi connectivity index (χ1v) is 10.9. The van der Waals surface area contributed by atoms with Gasteiger partial charge in [-0.1, -0.05) is 43.1 Å². The van der Waals surface area contributed by atoms with Gasteiger partial charge in [-0.05, 0) is 43.0 Å². The maximum Gasteiger partial charge on any atom is 0.230 e. The molecule has 0 bridgehead atoms. The largest absolute Gasteiger partial charge is 0.453 e. The highest BCUT2D eigenvalue weighted by molar-refractivity contribution is 7.99. The van der Waals surface area contributed by atoms with E-state index < -0.39 is 0 Å². The molecule has 1 aliphatic rings. The van der Waals surface area contributed by atoms with E-state index in [1.165, 1.54) is 31.0 Å². The summed E-state index contributed by atoms with van der Waals surface area (Å²) >= 11 is 7.43. The molecular formula is C20H23ClN4O2S. The molecule has 2 heterocycles. The number of thioether (sulfide) groups is 1. The summed E-state index contributed by atoms with van der Waals surface area (Å²) in [6.45, 7) is 2.21. The zero-order valence-electron chi connectivity index (χ0n) is 15.9. The molecule has 0 spiro atoms. The van der Waals surface area contributed by atoms with Crippen molar-refractivity contribution in [2.75, 3.05) is 5.75 Å². The predicted molar refractivity (Wildman–Crippen MR) is 112 cm³/mol. The van der Waals surface area contributed by atoms with Crippen molar-refractivity contribution >= 4 is 40.2 Å². The molecule has 1 fully saturated rings. The molecule has 1 saturated carbocycles. The number of aromatic nitrogens is 3. The Hall–Kier alpha value is -1.99. The molecule has 2 atom stereocenters. The van der Waals surface area contributed by atoms with Crippen LogP contribution in [0.1, 0.15) is 32.6 Å². The molecule has 1 N–H and O–H groups in total. The van der Waals surface area contributed by atoms with Crippen molar-refractivity contribution in [2.45, 2.75) is 43.8 Å². The van der Waals surface area contributed by atoms with Gasteiger partial charge in [0, 0.05) is 23.5 Å². The number of halogens is 1. The van der Waals surface area contributed by atoms with E-state index in [0.29, 0.717) is 39.5 Å². The molecule has 8 heteroatoms. The molecule has 28 heavy (non-hydrogen) atoms. The van der Waals surface area contributed by atoms with E-state index in [-0.39, 0.29) is 5.91 Å². The SMILES string of the molecule is C[C@H]1CCCC[C@H]1NC(=O)CSc1nnc(-c2cc3cc(Cl)ccc3o2)n1C. The number of carbonyl (C=O) groups excluding carboxylic acids is 1. The molecule has 2 aromatic heterocycles. The van der Waals surface area contributed by atoms with Crippen LogP contribution in [0.4, 0.5) is 0 Å². The van der Waals surface area contributed by atoms with Gasteiger partial charge in [0.1, 0.15) is 5.58 Å². The van der Waals surface area contributed by atoms with Gasteiger partial charge in [0.15, 0.2) is 16.7 Å². The van der Waals surface area contributed by atoms with Crippen LogP contribution in [0.3, 0.4) is 0 Å². The minimum Gasteiger partial charge on any atom is -0.453 e. The number of amides is 1. The number of fused-ring (bicyclic) bond motifs is 1. The summed E-state index contributed by atoms with van der Waals surface area (Å²) in [5.74, 6) is 2.17. The van der Waals surface area contributed by atoms with Crippen LogP contribution >= 0.6 is 23.4 Å². The third-order valence-corrected chi connectivity index (χ3v) is 6.58. The Kier molecular flexibility index (Phi) is 5.64. The number of carbonyl (C=O) groups is 1. The Morgan fingerprint density at radius 3 is 2.96 bits per heavy atom. The number of benzene rings is 1. The maximum atomic E-state index is 12.3. The number of hydrogen-bond acceptors (Lipinski definition) is 5. The van der Waals surface area contributed by atoms with Gasteiger partial charge in [0.05, 0.1) is 5.75 Å². The van der Waals surface area contributed by atoms with Gasteiger partial charge in [0.2, 0.25) is 5.91 Å². The van der Waals surface area contributed by atoms with Crippen molar-refractivity contribution in [1.82, 2.24) is 20.1 Å². The third-order valence-electron chi connectivity index (χ3n) is 5.32. The van der Waals surface area contributed by atoms with Crippen molar-refractivity contribution in [3.63, 3.8) is 0 Å². The summed E-state index contributed by atoms with van der Waals surface area (Å²) in [5, 5.41) is 13.9. The number of furan rings is 1. The van der Waals surface area contributed by atoms with Crippen molar-refractivity contribution in [2.24, 2.45) is 13.0 Å². The second-order valence-corrected chi connectivity index (χ2v) is 8.76. The Morgan fingerprint density at radius 2 is 2.14 bits per heavy atom. The zero-order chi connectivity index (χ0) is 19.7. The lowest BCUT2D eigenvalue weighted by Gasteiger charge is -2.29. The molecule has 0 saturated heterocycles. The van der Waals surface area contributed by atoms with Crippen molar-refractivity contribution in [3.8, 4) is 11.6 Å². The van der Waals surface area contributed by atoms with E-state index in [1.807, 2.05) is 29.8 Å². The molecular weight excluding hydrogens is 396 g/mol. The van der Waals surface area contributed by atoms with Crippen LogP contribution in [0.25, 0.3) is 22.6 Å². The van der Waals surface area contributed by atoms with Crippen molar-refractivity contribution < 1.29 is 9.21 Å². The summed E-state index contributed by atoms with van der Waals surface area (Å²) in [5.41, 5.74) is 0.748. The molecule has 1 amide bonds. The molecule has 3 aromatic rings. The molecule has 148 valence electrons. The Morgan fingerprint density at radius 1 is 1.32 bits per heavy atom. The van der Waals surface area contributed by atoms with Crippen LogP contribution in [-0.2, 0) is 11.8 Å². The van der Waals surface area contributed by atoms with Crippen LogP contribution in [0, 0.1) is 5.92 Å². The lowest BCUT2D eigenvalue weighted by molar-refractivity contribution is -0.119. The molecule has 4 rings (SSSR count). The summed E-state index contributed by atoms with van der Waals surface area (Å²) in [6.07, 6.45) is 4.71. The van der Waals surface area contributed by atoms with Gasteiger partial charge in [-0.2, -0.15) is 0 Å². The lowest BCUT2D eigenvalue weighted by Crippen LogP contribution is -2.41. The highest BCUT2D eigenvalue weighted by Crippen LogP contribution is 2.30. The van der Waals surface area contributed by atoms with Gasteiger partial charge < -0.3 is 14.3 Å². The molecule has 0 unspecified atom stereocenters. The van der Waals surface area contributed by atoms with E-state index in [2.05, 4.69) is 22.4 Å². The fourth-order valence-electron chi connectivity index (χ4n) is 3.69. The van der Waals surface area contributed by atoms with Crippen LogP contribution < -0.4 is 5.32 Å². The summed E-state index contributed by atoms with van der Waals surface area (Å²) in [7, 11) is 1.87. The topological polar surface area (TPSA) is 73.0 Å². The fourth-order valence-corrected chi connectivity index (χ4v) is 4.59. The lowest BCUT2D eigenvalue weighted by atomic mass is 9.86. The van der Waals surface area contributed by atoms with Crippen LogP contribution in [0.15, 0.2) is 33.8 Å². The van der Waals surface area contributed by atoms with E-state index in [9.17, 15) is 4.79 Å². The van der Waals surface area contributed by atoms with Gasteiger partial charge in [0.25, 0.3) is 0 Å². The molecule has 1 aliphatic carbocycles. The summed E-state index contributed by atoms with van der Waals surface area (Å²) in [4.78, 5) is 12.3. The van der Waals surface area contributed by atoms with Gasteiger partial charge in [-0.3, -0.25) is 4.79 Å². The van der Waals surface area contributed by atoms with Gasteiger partial charge in [-0.15, -0.1) is 10.2 Å². The molecule has 0 aliphatic heterocycles. The second-order valence-electron chi connectivity index (χ2n) is 7.38. The van der Waals surface area contributed by atoms with Crippen molar-refractivity contribution in [3.05, 3.63) is 29.3 Å². The first-order chi connectivity index (χ1) is 13.5. The Balaban J connectivity index is 1.42. The molecule has 6 nitrogen and oxygen atoms in total. The average Bonchev–Trinajstić information content (AvgIpc) is 3.24. The van der Waals surface area contributed by atoms with E-state index >= 15 is 0 Å². The zero-order valence-corrected chi connectivity index (χ0v) is 17.5. The van der Waals surface area contributed by atoms with Gasteiger partial charge in [-0.25, -0.2) is 0 Å². The smallest absolute Gasteiger partial charge is 0.230 e. The Labute approximate surface area is 173 Å². The van der Waals surface area contributed by atoms with Crippen LogP contribution in [0.2, 0.25) is 5.02 Å². The monoisotopic (exact) mass is 418 g/mol. The maximum absolute atomic E-state index is 12.3. The van der Waals surface area contributed by atoms with E-state index in [1.54, 1.807) is 6.07 Å². The first-order valence-electron chi connectivity index (χ1n) is 9.52. The highest BCUT2D eigenvalue weighted by Gasteiger charge is 2.23. The third kappa shape index (κ3) is 4.05. The van der Waals surface area contributed by atoms with Crippen LogP contribution in [-0.4, -0.2) is 32.5 Å². The predicted octanol–water partition coefficient (Wildman–Crippen LogP) is 4.67. The number of hydrogen-bond donors (Lipinski definition) is 1. The number of rotatable bonds is 5. The summed E-state index contributed by atoms with van der Waals surface area (Å²) in [6, 6.07) is 7.67. The first kappa shape index (κ1) is 19.3. The fraction of sp³-hybridized carbons (Fsp3) is 0.450. The van der Waals surface area contributed by atoms with E-state index in [4.69, 9.17) is 16.0 Å². The normalized spacial score (nSPS) is 19.8. The van der Waals surface area contributed by atoms with Crippen LogP contribution in [0.5, 0.6) is 0 Å². The Bertz CT molecular complexity index is 999. The number of nitrogens with zero attached hydrogens (tertiary/aromatic N) is 3. The molecule has 1 aromatic carbocycles. The minimum absolute atomic E-state index is 0.0479. The minimum atomic E-state index is 0.0479. The standard InChI is InChI=1S/C20H23ClN4O2S/c1-12-5-3-4-6-15(12)22-18(26)11-28-20-24-23-19(25(20)2)17-10-13-9-14(21)7-8-16(13)27-17/h7-10,12,15H,3-6,11H2,1-2H3,(H,22,26)/t12-,15+/m0/s1. The van der Waals surface area contributed by atoms with Gasteiger partial charge >= 0.3 is 0 Å². The average molecular weight is 419 g/mol. The quantitative estimate of drug-likeness (QED) is 0.609.